The monoisotopic (exact) mass is 250 g/mol. The summed E-state index contributed by atoms with van der Waals surface area (Å²) in [7, 11) is 0. The maximum absolute atomic E-state index is 10.9. The van der Waals surface area contributed by atoms with Gasteiger partial charge in [0.1, 0.15) is 5.01 Å². The smallest absolute Gasteiger partial charge is 0.279 e. The Morgan fingerprint density at radius 2 is 2.18 bits per heavy atom. The van der Waals surface area contributed by atoms with Crippen molar-refractivity contribution in [1.82, 2.24) is 4.98 Å². The number of rotatable bonds is 3. The zero-order chi connectivity index (χ0) is 12.4. The van der Waals surface area contributed by atoms with E-state index in [1.165, 1.54) is 17.4 Å². The number of nitrogens with zero attached hydrogens (tertiary/aromatic N) is 2. The average Bonchev–Trinajstić information content (AvgIpc) is 2.78. The molecule has 1 atom stereocenters. The van der Waals surface area contributed by atoms with Gasteiger partial charge in [0.05, 0.1) is 22.3 Å². The Labute approximate surface area is 102 Å². The Balaban J connectivity index is 2.49. The van der Waals surface area contributed by atoms with E-state index >= 15 is 0 Å². The van der Waals surface area contributed by atoms with Gasteiger partial charge in [-0.2, -0.15) is 0 Å². The van der Waals surface area contributed by atoms with Crippen molar-refractivity contribution >= 4 is 17.0 Å². The molecule has 1 aromatic carbocycles. The van der Waals surface area contributed by atoms with Gasteiger partial charge in [-0.05, 0) is 13.0 Å². The topological polar surface area (TPSA) is 76.3 Å². The van der Waals surface area contributed by atoms with Crippen LogP contribution in [0.1, 0.15) is 18.7 Å². The lowest BCUT2D eigenvalue weighted by Crippen LogP contribution is -1.93. The molecule has 0 bridgehead atoms. The van der Waals surface area contributed by atoms with Crippen LogP contribution in [0.5, 0.6) is 0 Å². The normalized spacial score (nSPS) is 12.4. The largest absolute Gasteiger partial charge is 0.387 e. The van der Waals surface area contributed by atoms with Crippen LogP contribution in [-0.2, 0) is 0 Å². The van der Waals surface area contributed by atoms with Gasteiger partial charge in [-0.3, -0.25) is 10.1 Å². The molecule has 5 nitrogen and oxygen atoms in total. The first-order valence-corrected chi connectivity index (χ1v) is 5.85. The minimum atomic E-state index is -0.664. The first kappa shape index (κ1) is 11.7. The molecule has 6 heteroatoms. The molecule has 17 heavy (non-hydrogen) atoms. The van der Waals surface area contributed by atoms with Crippen molar-refractivity contribution in [3.05, 3.63) is 45.5 Å². The van der Waals surface area contributed by atoms with Crippen LogP contribution in [0.4, 0.5) is 5.69 Å². The fourth-order valence-corrected chi connectivity index (χ4v) is 2.36. The molecule has 2 aromatic rings. The number of hydrogen-bond donors (Lipinski definition) is 1. The summed E-state index contributed by atoms with van der Waals surface area (Å²) < 4.78 is 0. The van der Waals surface area contributed by atoms with Gasteiger partial charge >= 0.3 is 0 Å². The Morgan fingerprint density at radius 3 is 2.76 bits per heavy atom. The highest BCUT2D eigenvalue weighted by Gasteiger charge is 2.17. The van der Waals surface area contributed by atoms with Crippen molar-refractivity contribution in [2.24, 2.45) is 0 Å². The minimum absolute atomic E-state index is 0.0268. The Hall–Kier alpha value is -1.79. The first-order valence-electron chi connectivity index (χ1n) is 4.97. The van der Waals surface area contributed by atoms with Crippen LogP contribution in [0.3, 0.4) is 0 Å². The predicted octanol–water partition coefficient (Wildman–Crippen LogP) is 2.77. The van der Waals surface area contributed by atoms with Crippen LogP contribution in [-0.4, -0.2) is 15.0 Å². The zero-order valence-electron chi connectivity index (χ0n) is 9.03. The number of aliphatic hydroxyl groups excluding tert-OH is 1. The maximum atomic E-state index is 10.9. The highest BCUT2D eigenvalue weighted by molar-refractivity contribution is 7.13. The van der Waals surface area contributed by atoms with Gasteiger partial charge < -0.3 is 5.11 Å². The summed E-state index contributed by atoms with van der Waals surface area (Å²) in [4.78, 5) is 14.6. The van der Waals surface area contributed by atoms with E-state index in [1.54, 1.807) is 30.5 Å². The number of aliphatic hydroxyl groups is 1. The maximum Gasteiger partial charge on any atom is 0.279 e. The van der Waals surface area contributed by atoms with Crippen LogP contribution in [0.2, 0.25) is 0 Å². The highest BCUT2D eigenvalue weighted by Crippen LogP contribution is 2.32. The first-order chi connectivity index (χ1) is 8.09. The number of nitro benzene ring substituents is 1. The van der Waals surface area contributed by atoms with Crippen LogP contribution < -0.4 is 0 Å². The summed E-state index contributed by atoms with van der Waals surface area (Å²) in [5.74, 6) is 0. The van der Waals surface area contributed by atoms with E-state index in [1.807, 2.05) is 0 Å². The van der Waals surface area contributed by atoms with Crippen LogP contribution in [0.15, 0.2) is 29.6 Å². The zero-order valence-corrected chi connectivity index (χ0v) is 9.85. The van der Waals surface area contributed by atoms with E-state index in [4.69, 9.17) is 0 Å². The number of thiazole rings is 1. The van der Waals surface area contributed by atoms with Crippen LogP contribution in [0.25, 0.3) is 10.6 Å². The summed E-state index contributed by atoms with van der Waals surface area (Å²) in [5.41, 5.74) is 1.04. The van der Waals surface area contributed by atoms with E-state index in [0.717, 1.165) is 0 Å². The summed E-state index contributed by atoms with van der Waals surface area (Å²) in [6.07, 6.45) is -0.664. The van der Waals surface area contributed by atoms with E-state index in [0.29, 0.717) is 16.3 Å². The number of aromatic nitrogens is 1. The molecule has 0 aliphatic carbocycles. The molecule has 1 unspecified atom stereocenters. The Bertz CT molecular complexity index is 551. The van der Waals surface area contributed by atoms with Gasteiger partial charge in [0, 0.05) is 11.4 Å². The second-order valence-electron chi connectivity index (χ2n) is 3.53. The van der Waals surface area contributed by atoms with E-state index in [9.17, 15) is 15.2 Å². The fraction of sp³-hybridized carbons (Fsp3) is 0.182. The molecule has 0 radical (unpaired) electrons. The molecule has 0 saturated heterocycles. The van der Waals surface area contributed by atoms with Crippen molar-refractivity contribution in [3.63, 3.8) is 0 Å². The van der Waals surface area contributed by atoms with Gasteiger partial charge in [0.2, 0.25) is 0 Å². The molecule has 1 N–H and O–H groups in total. The molecule has 0 aliphatic rings. The fourth-order valence-electron chi connectivity index (χ4n) is 1.42. The quantitative estimate of drug-likeness (QED) is 0.671. The summed E-state index contributed by atoms with van der Waals surface area (Å²) in [5, 5.41) is 22.5. The number of para-hydroxylation sites is 1. The van der Waals surface area contributed by atoms with Gasteiger partial charge in [0.25, 0.3) is 5.69 Å². The molecule has 0 aliphatic heterocycles. The summed E-state index contributed by atoms with van der Waals surface area (Å²) >= 11 is 1.29. The van der Waals surface area contributed by atoms with Gasteiger partial charge in [-0.15, -0.1) is 11.3 Å². The van der Waals surface area contributed by atoms with Gasteiger partial charge in [-0.1, -0.05) is 12.1 Å². The van der Waals surface area contributed by atoms with E-state index in [2.05, 4.69) is 4.98 Å². The second kappa shape index (κ2) is 4.60. The van der Waals surface area contributed by atoms with E-state index < -0.39 is 11.0 Å². The molecule has 0 amide bonds. The number of hydrogen-bond acceptors (Lipinski definition) is 5. The molecule has 1 heterocycles. The number of benzene rings is 1. The van der Waals surface area contributed by atoms with Crippen molar-refractivity contribution in [2.45, 2.75) is 13.0 Å². The predicted molar refractivity (Wildman–Crippen MR) is 64.8 cm³/mol. The number of nitro groups is 1. The standard InChI is InChI=1S/C11H10N2O3S/c1-7(14)9-6-17-11(12-9)8-4-2-3-5-10(8)13(15)16/h2-7,14H,1H3. The van der Waals surface area contributed by atoms with Crippen molar-refractivity contribution in [2.75, 3.05) is 0 Å². The molecular weight excluding hydrogens is 240 g/mol. The molecule has 0 fully saturated rings. The average molecular weight is 250 g/mol. The van der Waals surface area contributed by atoms with Crippen LogP contribution >= 0.6 is 11.3 Å². The molecule has 88 valence electrons. The third-order valence-corrected chi connectivity index (χ3v) is 3.17. The Kier molecular flexibility index (Phi) is 3.16. The third kappa shape index (κ3) is 2.32. The summed E-state index contributed by atoms with van der Waals surface area (Å²) in [6.45, 7) is 1.61. The molecule has 0 spiro atoms. The van der Waals surface area contributed by atoms with Gasteiger partial charge in [-0.25, -0.2) is 4.98 Å². The minimum Gasteiger partial charge on any atom is -0.387 e. The van der Waals surface area contributed by atoms with Crippen molar-refractivity contribution in [1.29, 1.82) is 0 Å². The molecule has 2 rings (SSSR count). The van der Waals surface area contributed by atoms with Crippen molar-refractivity contribution in [3.8, 4) is 10.6 Å². The summed E-state index contributed by atoms with van der Waals surface area (Å²) in [6, 6.07) is 6.44. The van der Waals surface area contributed by atoms with Crippen LogP contribution in [0, 0.1) is 10.1 Å². The lowest BCUT2D eigenvalue weighted by Gasteiger charge is -1.99. The molecule has 1 aromatic heterocycles. The van der Waals surface area contributed by atoms with Crippen molar-refractivity contribution < 1.29 is 10.0 Å². The molecular formula is C11H10N2O3S. The SMILES string of the molecule is CC(O)c1csc(-c2ccccc2[N+](=O)[O-])n1. The lowest BCUT2D eigenvalue weighted by molar-refractivity contribution is -0.384. The van der Waals surface area contributed by atoms with Gasteiger partial charge in [0.15, 0.2) is 0 Å². The van der Waals surface area contributed by atoms with E-state index in [-0.39, 0.29) is 5.69 Å². The lowest BCUT2D eigenvalue weighted by atomic mass is 10.2. The Morgan fingerprint density at radius 1 is 1.47 bits per heavy atom. The third-order valence-electron chi connectivity index (χ3n) is 2.28. The highest BCUT2D eigenvalue weighted by atomic mass is 32.1. The second-order valence-corrected chi connectivity index (χ2v) is 4.39. The molecule has 0 saturated carbocycles.